The number of rotatable bonds is 5. The van der Waals surface area contributed by atoms with Gasteiger partial charge in [0, 0.05) is 10.7 Å². The number of carbonyl (C=O) groups is 2. The third-order valence-electron chi connectivity index (χ3n) is 4.85. The number of nitrogens with one attached hydrogen (secondary N) is 1. The molecule has 0 radical (unpaired) electrons. The summed E-state index contributed by atoms with van der Waals surface area (Å²) in [4.78, 5) is 28.0. The molecule has 0 saturated heterocycles. The van der Waals surface area contributed by atoms with Crippen LogP contribution in [0.15, 0.2) is 78.5 Å². The summed E-state index contributed by atoms with van der Waals surface area (Å²) in [5, 5.41) is 3.54. The Morgan fingerprint density at radius 2 is 1.60 bits per heavy atom. The molecule has 4 rings (SSSR count). The van der Waals surface area contributed by atoms with Crippen LogP contribution in [0.2, 0.25) is 5.02 Å². The minimum Gasteiger partial charge on any atom is -0.495 e. The van der Waals surface area contributed by atoms with Gasteiger partial charge in [-0.15, -0.1) is 0 Å². The van der Waals surface area contributed by atoms with Crippen LogP contribution >= 0.6 is 11.6 Å². The van der Waals surface area contributed by atoms with Crippen LogP contribution in [-0.4, -0.2) is 18.9 Å². The molecule has 150 valence electrons. The number of hydrogen-bond donors (Lipinski definition) is 1. The van der Waals surface area contributed by atoms with Gasteiger partial charge in [0.2, 0.25) is 0 Å². The first kappa shape index (κ1) is 19.7. The Labute approximate surface area is 179 Å². The van der Waals surface area contributed by atoms with Crippen LogP contribution in [0.25, 0.3) is 5.57 Å². The molecule has 0 fully saturated rings. The Morgan fingerprint density at radius 3 is 2.27 bits per heavy atom. The lowest BCUT2D eigenvalue weighted by atomic mass is 10.0. The maximum absolute atomic E-state index is 13.5. The molecular weight excluding hydrogens is 400 g/mol. The predicted molar refractivity (Wildman–Crippen MR) is 119 cm³/mol. The van der Waals surface area contributed by atoms with Gasteiger partial charge in [-0.1, -0.05) is 59.6 Å². The summed E-state index contributed by atoms with van der Waals surface area (Å²) in [5.41, 5.74) is 3.25. The van der Waals surface area contributed by atoms with Crippen molar-refractivity contribution in [1.82, 2.24) is 0 Å². The zero-order chi connectivity index (χ0) is 21.3. The maximum Gasteiger partial charge on any atom is 0.282 e. The Morgan fingerprint density at radius 1 is 0.900 bits per heavy atom. The third kappa shape index (κ3) is 3.55. The normalized spacial score (nSPS) is 13.8. The zero-order valence-corrected chi connectivity index (χ0v) is 17.2. The van der Waals surface area contributed by atoms with Crippen LogP contribution in [0.4, 0.5) is 11.4 Å². The van der Waals surface area contributed by atoms with E-state index in [4.69, 9.17) is 16.3 Å². The third-order valence-corrected chi connectivity index (χ3v) is 5.08. The lowest BCUT2D eigenvalue weighted by molar-refractivity contribution is -0.120. The van der Waals surface area contributed by atoms with Gasteiger partial charge in [-0.3, -0.25) is 9.59 Å². The lowest BCUT2D eigenvalue weighted by Gasteiger charge is -2.18. The number of anilines is 2. The van der Waals surface area contributed by atoms with E-state index < -0.39 is 11.8 Å². The van der Waals surface area contributed by atoms with Crippen LogP contribution in [-0.2, 0) is 9.59 Å². The smallest absolute Gasteiger partial charge is 0.282 e. The summed E-state index contributed by atoms with van der Waals surface area (Å²) < 4.78 is 5.37. The molecule has 1 N–H and O–H groups in total. The molecule has 0 aliphatic carbocycles. The molecule has 0 bridgehead atoms. The average Bonchev–Trinajstić information content (AvgIpc) is 2.99. The van der Waals surface area contributed by atoms with Crippen molar-refractivity contribution in [2.45, 2.75) is 6.92 Å². The molecule has 0 atom stereocenters. The summed E-state index contributed by atoms with van der Waals surface area (Å²) in [6.07, 6.45) is 0. The highest BCUT2D eigenvalue weighted by Crippen LogP contribution is 2.39. The number of nitrogens with zero attached hydrogens (tertiary/aromatic N) is 1. The summed E-state index contributed by atoms with van der Waals surface area (Å²) in [6.45, 7) is 1.98. The molecule has 5 nitrogen and oxygen atoms in total. The average molecular weight is 419 g/mol. The van der Waals surface area contributed by atoms with Gasteiger partial charge in [0.25, 0.3) is 11.8 Å². The molecule has 6 heteroatoms. The largest absolute Gasteiger partial charge is 0.495 e. The van der Waals surface area contributed by atoms with Gasteiger partial charge in [-0.2, -0.15) is 0 Å². The number of benzene rings is 3. The molecule has 0 aromatic heterocycles. The highest BCUT2D eigenvalue weighted by atomic mass is 35.5. The number of carbonyl (C=O) groups excluding carboxylic acids is 2. The summed E-state index contributed by atoms with van der Waals surface area (Å²) >= 11 is 6.15. The fraction of sp³-hybridized carbons (Fsp3) is 0.0833. The van der Waals surface area contributed by atoms with Gasteiger partial charge in [-0.05, 0) is 42.8 Å². The number of ether oxygens (including phenoxy) is 1. The van der Waals surface area contributed by atoms with Gasteiger partial charge in [0.05, 0.1) is 18.4 Å². The van der Waals surface area contributed by atoms with Crippen molar-refractivity contribution in [3.63, 3.8) is 0 Å². The SMILES string of the molecule is COc1ccc(Cl)cc1N1C(=O)C(Nc2ccc(C)cc2)=C(c2ccccc2)C1=O. The van der Waals surface area contributed by atoms with Crippen LogP contribution < -0.4 is 15.0 Å². The van der Waals surface area contributed by atoms with Gasteiger partial charge in [0.15, 0.2) is 0 Å². The van der Waals surface area contributed by atoms with Crippen LogP contribution in [0, 0.1) is 6.92 Å². The van der Waals surface area contributed by atoms with Gasteiger partial charge in [0.1, 0.15) is 11.4 Å². The molecule has 3 aromatic rings. The molecule has 3 aromatic carbocycles. The number of amides is 2. The molecule has 0 spiro atoms. The summed E-state index contributed by atoms with van der Waals surface area (Å²) in [6, 6.07) is 21.5. The molecule has 1 aliphatic rings. The number of imide groups is 1. The van der Waals surface area contributed by atoms with E-state index in [1.165, 1.54) is 7.11 Å². The Bertz CT molecular complexity index is 1150. The summed E-state index contributed by atoms with van der Waals surface area (Å²) in [5.74, 6) is -0.536. The van der Waals surface area contributed by atoms with Gasteiger partial charge >= 0.3 is 0 Å². The van der Waals surface area contributed by atoms with Crippen molar-refractivity contribution >= 4 is 40.4 Å². The molecule has 0 saturated carbocycles. The van der Waals surface area contributed by atoms with Crippen LogP contribution in [0.3, 0.4) is 0 Å². The van der Waals surface area contributed by atoms with Crippen molar-refractivity contribution in [2.75, 3.05) is 17.3 Å². The van der Waals surface area contributed by atoms with Crippen molar-refractivity contribution in [1.29, 1.82) is 0 Å². The molecule has 2 amide bonds. The standard InChI is InChI=1S/C24H19ClN2O3/c1-15-8-11-18(12-9-15)26-22-21(16-6-4-3-5-7-16)23(28)27(24(22)29)19-14-17(25)10-13-20(19)30-2/h3-14,26H,1-2H3. The Hall–Kier alpha value is -3.57. The first-order valence-electron chi connectivity index (χ1n) is 9.35. The second kappa shape index (κ2) is 8.05. The second-order valence-corrected chi connectivity index (χ2v) is 7.31. The highest BCUT2D eigenvalue weighted by molar-refractivity contribution is 6.46. The quantitative estimate of drug-likeness (QED) is 0.589. The van der Waals surface area contributed by atoms with Gasteiger partial charge in [-0.25, -0.2) is 4.90 Å². The van der Waals surface area contributed by atoms with E-state index in [0.29, 0.717) is 33.3 Å². The van der Waals surface area contributed by atoms with E-state index in [9.17, 15) is 9.59 Å². The monoisotopic (exact) mass is 418 g/mol. The lowest BCUT2D eigenvalue weighted by Crippen LogP contribution is -2.32. The molecule has 30 heavy (non-hydrogen) atoms. The fourth-order valence-electron chi connectivity index (χ4n) is 3.36. The van der Waals surface area contributed by atoms with Crippen molar-refractivity contribution < 1.29 is 14.3 Å². The van der Waals surface area contributed by atoms with E-state index >= 15 is 0 Å². The van der Waals surface area contributed by atoms with E-state index in [-0.39, 0.29) is 5.70 Å². The predicted octanol–water partition coefficient (Wildman–Crippen LogP) is 5.05. The first-order chi connectivity index (χ1) is 14.5. The molecule has 1 aliphatic heterocycles. The van der Waals surface area contributed by atoms with E-state index in [1.54, 1.807) is 30.3 Å². The number of hydrogen-bond acceptors (Lipinski definition) is 4. The number of aryl methyl sites for hydroxylation is 1. The Balaban J connectivity index is 1.84. The van der Waals surface area contributed by atoms with E-state index in [1.807, 2.05) is 49.4 Å². The first-order valence-corrected chi connectivity index (χ1v) is 9.73. The minimum atomic E-state index is -0.472. The van der Waals surface area contributed by atoms with Crippen molar-refractivity contribution in [3.8, 4) is 5.75 Å². The molecular formula is C24H19ClN2O3. The second-order valence-electron chi connectivity index (χ2n) is 6.87. The fourth-order valence-corrected chi connectivity index (χ4v) is 3.52. The van der Waals surface area contributed by atoms with Gasteiger partial charge < -0.3 is 10.1 Å². The van der Waals surface area contributed by atoms with Crippen LogP contribution in [0.5, 0.6) is 5.75 Å². The van der Waals surface area contributed by atoms with Crippen molar-refractivity contribution in [2.24, 2.45) is 0 Å². The molecule has 1 heterocycles. The van der Waals surface area contributed by atoms with Crippen LogP contribution in [0.1, 0.15) is 11.1 Å². The number of halogens is 1. The van der Waals surface area contributed by atoms with Crippen molar-refractivity contribution in [3.05, 3.63) is 94.6 Å². The highest BCUT2D eigenvalue weighted by Gasteiger charge is 2.41. The minimum absolute atomic E-state index is 0.206. The topological polar surface area (TPSA) is 58.6 Å². The number of methoxy groups -OCH3 is 1. The summed E-state index contributed by atoms with van der Waals surface area (Å²) in [7, 11) is 1.48. The maximum atomic E-state index is 13.5. The van der Waals surface area contributed by atoms with E-state index in [2.05, 4.69) is 5.32 Å². The Kier molecular flexibility index (Phi) is 5.29. The van der Waals surface area contributed by atoms with E-state index in [0.717, 1.165) is 10.5 Å². The zero-order valence-electron chi connectivity index (χ0n) is 16.5. The molecule has 0 unspecified atom stereocenters.